The molecule has 1 aliphatic heterocycles. The van der Waals surface area contributed by atoms with Crippen molar-refractivity contribution in [2.24, 2.45) is 5.92 Å². The van der Waals surface area contributed by atoms with E-state index in [1.807, 2.05) is 0 Å². The van der Waals surface area contributed by atoms with E-state index in [1.54, 1.807) is 0 Å². The SMILES string of the molecule is CCNC(CC)CCCN1CCC(CC)CCC1=O. The van der Waals surface area contributed by atoms with Crippen molar-refractivity contribution >= 4 is 5.91 Å². The molecular formula is C16H32N2O. The van der Waals surface area contributed by atoms with Crippen LogP contribution in [0.3, 0.4) is 0 Å². The monoisotopic (exact) mass is 268 g/mol. The van der Waals surface area contributed by atoms with Crippen molar-refractivity contribution in [2.45, 2.75) is 71.8 Å². The second kappa shape index (κ2) is 9.35. The third kappa shape index (κ3) is 5.94. The molecule has 0 bridgehead atoms. The molecule has 0 saturated carbocycles. The minimum absolute atomic E-state index is 0.382. The number of hydrogen-bond acceptors (Lipinski definition) is 2. The van der Waals surface area contributed by atoms with E-state index in [-0.39, 0.29) is 0 Å². The average molecular weight is 268 g/mol. The van der Waals surface area contributed by atoms with E-state index in [2.05, 4.69) is 31.0 Å². The molecular weight excluding hydrogens is 236 g/mol. The Kier molecular flexibility index (Phi) is 8.11. The third-order valence-electron chi connectivity index (χ3n) is 4.47. The summed E-state index contributed by atoms with van der Waals surface area (Å²) >= 11 is 0. The first kappa shape index (κ1) is 16.5. The van der Waals surface area contributed by atoms with E-state index in [9.17, 15) is 4.79 Å². The maximum absolute atomic E-state index is 12.1. The van der Waals surface area contributed by atoms with Gasteiger partial charge in [-0.15, -0.1) is 0 Å². The molecule has 1 fully saturated rings. The molecule has 2 unspecified atom stereocenters. The summed E-state index contributed by atoms with van der Waals surface area (Å²) in [6, 6.07) is 0.621. The molecule has 1 N–H and O–H groups in total. The number of nitrogens with zero attached hydrogens (tertiary/aromatic N) is 1. The van der Waals surface area contributed by atoms with Crippen LogP contribution in [0.1, 0.15) is 65.7 Å². The zero-order valence-corrected chi connectivity index (χ0v) is 13.1. The molecule has 3 nitrogen and oxygen atoms in total. The Morgan fingerprint density at radius 2 is 2.11 bits per heavy atom. The van der Waals surface area contributed by atoms with Crippen LogP contribution in [0.2, 0.25) is 0 Å². The lowest BCUT2D eigenvalue weighted by molar-refractivity contribution is -0.130. The van der Waals surface area contributed by atoms with Gasteiger partial charge in [-0.1, -0.05) is 27.2 Å². The Balaban J connectivity index is 2.29. The standard InChI is InChI=1S/C16H32N2O/c1-4-14-9-10-16(19)18(13-11-14)12-7-8-15(5-2)17-6-3/h14-15,17H,4-13H2,1-3H3. The first-order valence-corrected chi connectivity index (χ1v) is 8.22. The highest BCUT2D eigenvalue weighted by atomic mass is 16.2. The second-order valence-corrected chi connectivity index (χ2v) is 5.79. The van der Waals surface area contributed by atoms with Crippen LogP contribution in [0.25, 0.3) is 0 Å². The topological polar surface area (TPSA) is 32.3 Å². The Hall–Kier alpha value is -0.570. The summed E-state index contributed by atoms with van der Waals surface area (Å²) in [6.07, 6.45) is 7.79. The van der Waals surface area contributed by atoms with Crippen molar-refractivity contribution in [1.29, 1.82) is 0 Å². The molecule has 1 rings (SSSR count). The summed E-state index contributed by atoms with van der Waals surface area (Å²) in [6.45, 7) is 9.61. The van der Waals surface area contributed by atoms with E-state index in [0.717, 1.165) is 44.8 Å². The first-order valence-electron chi connectivity index (χ1n) is 8.22. The van der Waals surface area contributed by atoms with Crippen molar-refractivity contribution in [3.05, 3.63) is 0 Å². The number of carbonyl (C=O) groups excluding carboxylic acids is 1. The van der Waals surface area contributed by atoms with Crippen molar-refractivity contribution in [1.82, 2.24) is 10.2 Å². The van der Waals surface area contributed by atoms with Gasteiger partial charge in [0.1, 0.15) is 0 Å². The molecule has 1 saturated heterocycles. The van der Waals surface area contributed by atoms with Crippen molar-refractivity contribution in [3.8, 4) is 0 Å². The van der Waals surface area contributed by atoms with Crippen molar-refractivity contribution in [2.75, 3.05) is 19.6 Å². The average Bonchev–Trinajstić information content (AvgIpc) is 2.60. The van der Waals surface area contributed by atoms with Gasteiger partial charge in [-0.25, -0.2) is 0 Å². The van der Waals surface area contributed by atoms with Gasteiger partial charge in [-0.05, 0) is 44.6 Å². The molecule has 2 atom stereocenters. The molecule has 1 heterocycles. The van der Waals surface area contributed by atoms with Gasteiger partial charge in [0.05, 0.1) is 0 Å². The summed E-state index contributed by atoms with van der Waals surface area (Å²) < 4.78 is 0. The molecule has 0 aliphatic carbocycles. The minimum atomic E-state index is 0.382. The molecule has 19 heavy (non-hydrogen) atoms. The number of nitrogens with one attached hydrogen (secondary N) is 1. The van der Waals surface area contributed by atoms with Crippen molar-refractivity contribution in [3.63, 3.8) is 0 Å². The molecule has 112 valence electrons. The zero-order valence-electron chi connectivity index (χ0n) is 13.1. The lowest BCUT2D eigenvalue weighted by atomic mass is 9.98. The Morgan fingerprint density at radius 3 is 2.74 bits per heavy atom. The van der Waals surface area contributed by atoms with E-state index < -0.39 is 0 Å². The molecule has 0 aromatic heterocycles. The van der Waals surface area contributed by atoms with Gasteiger partial charge in [0, 0.05) is 25.6 Å². The predicted octanol–water partition coefficient (Wildman–Crippen LogP) is 3.19. The third-order valence-corrected chi connectivity index (χ3v) is 4.47. The number of hydrogen-bond donors (Lipinski definition) is 1. The maximum atomic E-state index is 12.1. The fourth-order valence-corrected chi connectivity index (χ4v) is 3.01. The van der Waals surface area contributed by atoms with Gasteiger partial charge in [-0.2, -0.15) is 0 Å². The highest BCUT2D eigenvalue weighted by Gasteiger charge is 2.21. The lowest BCUT2D eigenvalue weighted by Gasteiger charge is -2.22. The smallest absolute Gasteiger partial charge is 0.222 e. The largest absolute Gasteiger partial charge is 0.343 e. The summed E-state index contributed by atoms with van der Waals surface area (Å²) in [5.41, 5.74) is 0. The second-order valence-electron chi connectivity index (χ2n) is 5.79. The van der Waals surface area contributed by atoms with E-state index in [0.29, 0.717) is 11.9 Å². The molecule has 0 aromatic rings. The normalized spacial score (nSPS) is 22.4. The fraction of sp³-hybridized carbons (Fsp3) is 0.938. The van der Waals surface area contributed by atoms with Gasteiger partial charge in [0.15, 0.2) is 0 Å². The Bertz CT molecular complexity index is 255. The summed E-state index contributed by atoms with van der Waals surface area (Å²) in [4.78, 5) is 14.2. The van der Waals surface area contributed by atoms with Crippen LogP contribution in [-0.4, -0.2) is 36.5 Å². The van der Waals surface area contributed by atoms with Crippen LogP contribution in [0.4, 0.5) is 0 Å². The van der Waals surface area contributed by atoms with E-state index >= 15 is 0 Å². The van der Waals surface area contributed by atoms with Gasteiger partial charge in [0.25, 0.3) is 0 Å². The van der Waals surface area contributed by atoms with E-state index in [4.69, 9.17) is 0 Å². The molecule has 0 spiro atoms. The number of amides is 1. The van der Waals surface area contributed by atoms with Crippen LogP contribution < -0.4 is 5.32 Å². The van der Waals surface area contributed by atoms with Gasteiger partial charge in [0.2, 0.25) is 5.91 Å². The number of carbonyl (C=O) groups is 1. The highest BCUT2D eigenvalue weighted by molar-refractivity contribution is 5.76. The quantitative estimate of drug-likeness (QED) is 0.733. The summed E-state index contributed by atoms with van der Waals surface area (Å²) in [5.74, 6) is 1.14. The number of rotatable bonds is 8. The maximum Gasteiger partial charge on any atom is 0.222 e. The summed E-state index contributed by atoms with van der Waals surface area (Å²) in [5, 5.41) is 3.51. The van der Waals surface area contributed by atoms with Crippen LogP contribution >= 0.6 is 0 Å². The Morgan fingerprint density at radius 1 is 1.32 bits per heavy atom. The molecule has 1 aliphatic rings. The van der Waals surface area contributed by atoms with Gasteiger partial charge in [-0.3, -0.25) is 4.79 Å². The van der Waals surface area contributed by atoms with Crippen LogP contribution in [-0.2, 0) is 4.79 Å². The van der Waals surface area contributed by atoms with Crippen LogP contribution in [0, 0.1) is 5.92 Å². The first-order chi connectivity index (χ1) is 9.21. The van der Waals surface area contributed by atoms with Gasteiger partial charge >= 0.3 is 0 Å². The van der Waals surface area contributed by atoms with Crippen LogP contribution in [0.5, 0.6) is 0 Å². The lowest BCUT2D eigenvalue weighted by Crippen LogP contribution is -2.33. The van der Waals surface area contributed by atoms with Crippen LogP contribution in [0.15, 0.2) is 0 Å². The minimum Gasteiger partial charge on any atom is -0.343 e. The molecule has 1 amide bonds. The van der Waals surface area contributed by atoms with E-state index in [1.165, 1.54) is 25.7 Å². The fourth-order valence-electron chi connectivity index (χ4n) is 3.01. The highest BCUT2D eigenvalue weighted by Crippen LogP contribution is 2.21. The predicted molar refractivity (Wildman–Crippen MR) is 81.2 cm³/mol. The van der Waals surface area contributed by atoms with Crippen molar-refractivity contribution < 1.29 is 4.79 Å². The molecule has 0 radical (unpaired) electrons. The Labute approximate surface area is 119 Å². The van der Waals surface area contributed by atoms with Gasteiger partial charge < -0.3 is 10.2 Å². The zero-order chi connectivity index (χ0) is 14.1. The molecule has 3 heteroatoms. The molecule has 0 aromatic carbocycles. The number of likely N-dealkylation sites (tertiary alicyclic amines) is 1. The summed E-state index contributed by atoms with van der Waals surface area (Å²) in [7, 11) is 0.